The molecule has 1 fully saturated rings. The third kappa shape index (κ3) is 6.27. The number of carbonyl (C=O) groups is 1. The lowest BCUT2D eigenvalue weighted by Gasteiger charge is -2.22. The van der Waals surface area contributed by atoms with Gasteiger partial charge in [0, 0.05) is 35.1 Å². The molecule has 0 spiro atoms. The van der Waals surface area contributed by atoms with Gasteiger partial charge in [-0.05, 0) is 37.6 Å². The lowest BCUT2D eigenvalue weighted by Crippen LogP contribution is -2.35. The molecule has 0 bridgehead atoms. The van der Waals surface area contributed by atoms with Crippen LogP contribution in [0, 0.1) is 11.6 Å². The normalized spacial score (nSPS) is 15.3. The summed E-state index contributed by atoms with van der Waals surface area (Å²) in [5.74, 6) is -1.08. The molecule has 1 aliphatic rings. The van der Waals surface area contributed by atoms with Crippen LogP contribution in [-0.4, -0.2) is 70.3 Å². The first-order chi connectivity index (χ1) is 19.4. The van der Waals surface area contributed by atoms with Crippen molar-refractivity contribution in [2.75, 3.05) is 44.0 Å². The van der Waals surface area contributed by atoms with E-state index in [0.717, 1.165) is 25.5 Å². The Morgan fingerprint density at radius 1 is 1.23 bits per heavy atom. The summed E-state index contributed by atoms with van der Waals surface area (Å²) in [4.78, 5) is 28.2. The molecule has 0 radical (unpaired) electrons. The molecule has 13 heteroatoms. The second-order valence-corrected chi connectivity index (χ2v) is 10.3. The van der Waals surface area contributed by atoms with Crippen LogP contribution in [0.1, 0.15) is 17.7 Å². The van der Waals surface area contributed by atoms with Crippen molar-refractivity contribution in [2.24, 2.45) is 0 Å². The second kappa shape index (κ2) is 12.5. The van der Waals surface area contributed by atoms with Gasteiger partial charge >= 0.3 is 0 Å². The van der Waals surface area contributed by atoms with Crippen molar-refractivity contribution in [3.8, 4) is 11.5 Å². The van der Waals surface area contributed by atoms with Crippen molar-refractivity contribution in [3.05, 3.63) is 59.4 Å². The number of amides is 1. The lowest BCUT2D eigenvalue weighted by molar-refractivity contribution is -0.115. The van der Waals surface area contributed by atoms with Crippen molar-refractivity contribution < 1.29 is 28.2 Å². The van der Waals surface area contributed by atoms with Crippen molar-refractivity contribution in [1.29, 1.82) is 0 Å². The molecule has 3 heterocycles. The summed E-state index contributed by atoms with van der Waals surface area (Å²) in [7, 11) is 1.56. The maximum atomic E-state index is 13.9. The van der Waals surface area contributed by atoms with Crippen LogP contribution in [0.15, 0.2) is 42.9 Å². The Balaban J connectivity index is 1.25. The Kier molecular flexibility index (Phi) is 8.63. The summed E-state index contributed by atoms with van der Waals surface area (Å²) in [6, 6.07) is 7.35. The molecule has 0 aliphatic carbocycles. The predicted molar refractivity (Wildman–Crippen MR) is 147 cm³/mol. The minimum absolute atomic E-state index is 0.0647. The summed E-state index contributed by atoms with van der Waals surface area (Å²) < 4.78 is 38.9. The fourth-order valence-corrected chi connectivity index (χ4v) is 5.42. The maximum Gasteiger partial charge on any atom is 0.229 e. The first kappa shape index (κ1) is 27.6. The van der Waals surface area contributed by atoms with Crippen LogP contribution in [0.25, 0.3) is 10.9 Å². The quantitative estimate of drug-likeness (QED) is 0.244. The van der Waals surface area contributed by atoms with Crippen LogP contribution in [-0.2, 0) is 11.2 Å². The molecule has 10 nitrogen and oxygen atoms in total. The van der Waals surface area contributed by atoms with Crippen LogP contribution in [0.3, 0.4) is 0 Å². The standard InChI is InChI=1S/C27H28F2N6O4S/c1-38-22-11-18-21(12-23(22)39-9-8-35-7-3-4-16(35)14-36)31-15-32-26(18)34-27-30-13-17(40-27)10-24(37)33-20-6-2-5-19(28)25(20)29/h2,5-6,11-13,15-16,36H,3-4,7-10,14H2,1H3,(H,33,37)(H,30,31,32,34)/t16-/m1/s1. The van der Waals surface area contributed by atoms with Gasteiger partial charge < -0.3 is 25.2 Å². The Hall–Kier alpha value is -3.94. The summed E-state index contributed by atoms with van der Waals surface area (Å²) in [5, 5.41) is 16.2. The van der Waals surface area contributed by atoms with Crippen molar-refractivity contribution in [1.82, 2.24) is 19.9 Å². The molecular weight excluding hydrogens is 542 g/mol. The number of nitrogens with one attached hydrogen (secondary N) is 2. The molecule has 0 saturated carbocycles. The minimum atomic E-state index is -1.11. The van der Waals surface area contributed by atoms with Crippen LogP contribution < -0.4 is 20.1 Å². The summed E-state index contributed by atoms with van der Waals surface area (Å²) in [5.41, 5.74) is 0.416. The zero-order valence-electron chi connectivity index (χ0n) is 21.7. The highest BCUT2D eigenvalue weighted by atomic mass is 32.1. The van der Waals surface area contributed by atoms with Gasteiger partial charge in [0.1, 0.15) is 18.8 Å². The molecule has 1 saturated heterocycles. The van der Waals surface area contributed by atoms with E-state index >= 15 is 0 Å². The number of nitrogens with zero attached hydrogens (tertiary/aromatic N) is 4. The number of fused-ring (bicyclic) bond motifs is 1. The average molecular weight is 571 g/mol. The molecule has 210 valence electrons. The number of ether oxygens (including phenoxy) is 2. The molecule has 2 aromatic carbocycles. The van der Waals surface area contributed by atoms with Gasteiger partial charge in [-0.3, -0.25) is 9.69 Å². The molecule has 3 N–H and O–H groups in total. The van der Waals surface area contributed by atoms with Crippen LogP contribution in [0.5, 0.6) is 11.5 Å². The van der Waals surface area contributed by atoms with Gasteiger partial charge in [-0.25, -0.2) is 23.7 Å². The highest BCUT2D eigenvalue weighted by Crippen LogP contribution is 2.35. The number of aliphatic hydroxyl groups excluding tert-OH is 1. The van der Waals surface area contributed by atoms with E-state index in [1.807, 2.05) is 0 Å². The van der Waals surface area contributed by atoms with Crippen molar-refractivity contribution in [2.45, 2.75) is 25.3 Å². The number of methoxy groups -OCH3 is 1. The van der Waals surface area contributed by atoms with E-state index in [-0.39, 0.29) is 24.8 Å². The van der Waals surface area contributed by atoms with E-state index in [4.69, 9.17) is 9.47 Å². The van der Waals surface area contributed by atoms with Crippen LogP contribution in [0.4, 0.5) is 25.4 Å². The van der Waals surface area contributed by atoms with Gasteiger partial charge in [0.25, 0.3) is 0 Å². The molecule has 5 rings (SSSR count). The first-order valence-corrected chi connectivity index (χ1v) is 13.5. The van der Waals surface area contributed by atoms with Gasteiger partial charge in [0.15, 0.2) is 28.3 Å². The number of anilines is 3. The molecule has 4 aromatic rings. The number of thiazole rings is 1. The number of carbonyl (C=O) groups excluding carboxylic acids is 1. The highest BCUT2D eigenvalue weighted by molar-refractivity contribution is 7.15. The van der Waals surface area contributed by atoms with Gasteiger partial charge in [0.05, 0.1) is 31.3 Å². The Morgan fingerprint density at radius 3 is 2.92 bits per heavy atom. The molecule has 0 unspecified atom stereocenters. The Morgan fingerprint density at radius 2 is 2.10 bits per heavy atom. The largest absolute Gasteiger partial charge is 0.493 e. The number of hydrogen-bond donors (Lipinski definition) is 3. The fraction of sp³-hybridized carbons (Fsp3) is 0.333. The van der Waals surface area contributed by atoms with E-state index in [1.54, 1.807) is 19.2 Å². The number of rotatable bonds is 11. The van der Waals surface area contributed by atoms with Gasteiger partial charge in [-0.15, -0.1) is 11.3 Å². The molecular formula is C27H28F2N6O4S. The lowest BCUT2D eigenvalue weighted by atomic mass is 10.2. The smallest absolute Gasteiger partial charge is 0.229 e. The second-order valence-electron chi connectivity index (χ2n) is 9.19. The van der Waals surface area contributed by atoms with Gasteiger partial charge in [0.2, 0.25) is 5.91 Å². The Bertz CT molecular complexity index is 1500. The van der Waals surface area contributed by atoms with E-state index < -0.39 is 17.5 Å². The number of halogens is 2. The van der Waals surface area contributed by atoms with Crippen LogP contribution >= 0.6 is 11.3 Å². The topological polar surface area (TPSA) is 122 Å². The SMILES string of the molecule is COc1cc2c(Nc3ncc(CC(=O)Nc4cccc(F)c4F)s3)ncnc2cc1OCCN1CCC[C@@H]1CO. The summed E-state index contributed by atoms with van der Waals surface area (Å²) in [6.45, 7) is 2.23. The third-order valence-corrected chi connectivity index (χ3v) is 7.52. The first-order valence-electron chi connectivity index (χ1n) is 12.7. The van der Waals surface area contributed by atoms with Crippen molar-refractivity contribution in [3.63, 3.8) is 0 Å². The Labute approximate surface area is 233 Å². The van der Waals surface area contributed by atoms with Crippen LogP contribution in [0.2, 0.25) is 0 Å². The molecule has 1 aliphatic heterocycles. The number of aliphatic hydroxyl groups is 1. The van der Waals surface area contributed by atoms with Gasteiger partial charge in [-0.1, -0.05) is 6.07 Å². The van der Waals surface area contributed by atoms with E-state index in [2.05, 4.69) is 30.5 Å². The minimum Gasteiger partial charge on any atom is -0.493 e. The van der Waals surface area contributed by atoms with E-state index in [9.17, 15) is 18.7 Å². The monoisotopic (exact) mass is 570 g/mol. The zero-order valence-corrected chi connectivity index (χ0v) is 22.5. The van der Waals surface area contributed by atoms with E-state index in [0.29, 0.717) is 51.4 Å². The summed E-state index contributed by atoms with van der Waals surface area (Å²) in [6.07, 6.45) is 4.95. The summed E-state index contributed by atoms with van der Waals surface area (Å²) >= 11 is 1.23. The number of hydrogen-bond acceptors (Lipinski definition) is 10. The number of benzene rings is 2. The fourth-order valence-electron chi connectivity index (χ4n) is 4.61. The van der Waals surface area contributed by atoms with Gasteiger partial charge in [-0.2, -0.15) is 0 Å². The molecule has 1 atom stereocenters. The molecule has 1 amide bonds. The third-order valence-electron chi connectivity index (χ3n) is 6.61. The number of aromatic nitrogens is 3. The number of likely N-dealkylation sites (tertiary alicyclic amines) is 1. The highest BCUT2D eigenvalue weighted by Gasteiger charge is 2.23. The maximum absolute atomic E-state index is 13.9. The predicted octanol–water partition coefficient (Wildman–Crippen LogP) is 4.13. The zero-order chi connectivity index (χ0) is 28.1. The molecule has 40 heavy (non-hydrogen) atoms. The van der Waals surface area contributed by atoms with Crippen molar-refractivity contribution >= 4 is 44.8 Å². The molecule has 2 aromatic heterocycles. The average Bonchev–Trinajstić information content (AvgIpc) is 3.60. The van der Waals surface area contributed by atoms with E-state index in [1.165, 1.54) is 36.0 Å².